The maximum atomic E-state index is 11.9. The molecular weight excluding hydrogens is 739 g/mol. The number of sulfonamides is 1. The second-order valence-electron chi connectivity index (χ2n) is 16.6. The lowest BCUT2D eigenvalue weighted by atomic mass is 9.89. The van der Waals surface area contributed by atoms with Gasteiger partial charge >= 0.3 is 0 Å². The molecule has 2 saturated carbocycles. The summed E-state index contributed by atoms with van der Waals surface area (Å²) in [6.45, 7) is 7.88. The monoisotopic (exact) mass is 785 g/mol. The quantitative estimate of drug-likeness (QED) is 0.122. The number of hydrogen-bond donors (Lipinski definition) is 4. The number of aryl methyl sites for hydroxylation is 2. The lowest BCUT2D eigenvalue weighted by Crippen LogP contribution is -2.16. The first-order valence-electron chi connectivity index (χ1n) is 19.9. The van der Waals surface area contributed by atoms with E-state index in [0.717, 1.165) is 68.8 Å². The van der Waals surface area contributed by atoms with Crippen LogP contribution in [0.3, 0.4) is 0 Å². The van der Waals surface area contributed by atoms with E-state index in [1.165, 1.54) is 28.3 Å². The Morgan fingerprint density at radius 2 is 1.05 bits per heavy atom. The molecule has 5 N–H and O–H groups in total. The van der Waals surface area contributed by atoms with Crippen molar-refractivity contribution in [3.8, 4) is 22.3 Å². The molecule has 0 spiro atoms. The Hall–Kier alpha value is -5.87. The third-order valence-electron chi connectivity index (χ3n) is 11.7. The Labute approximate surface area is 339 Å². The molecule has 10 rings (SSSR count). The van der Waals surface area contributed by atoms with Crippen LogP contribution in [0.15, 0.2) is 138 Å². The van der Waals surface area contributed by atoms with Crippen molar-refractivity contribution in [2.75, 3.05) is 0 Å². The van der Waals surface area contributed by atoms with Crippen molar-refractivity contribution in [3.63, 3.8) is 0 Å². The zero-order valence-corrected chi connectivity index (χ0v) is 33.9. The van der Waals surface area contributed by atoms with Crippen molar-refractivity contribution in [3.05, 3.63) is 173 Å². The van der Waals surface area contributed by atoms with Crippen LogP contribution < -0.4 is 5.14 Å². The maximum absolute atomic E-state index is 11.9. The van der Waals surface area contributed by atoms with Crippen LogP contribution in [0.25, 0.3) is 44.3 Å². The van der Waals surface area contributed by atoms with E-state index in [1.54, 1.807) is 12.1 Å². The van der Waals surface area contributed by atoms with Gasteiger partial charge in [-0.1, -0.05) is 114 Å². The number of imidazole rings is 2. The fourth-order valence-electron chi connectivity index (χ4n) is 8.33. The van der Waals surface area contributed by atoms with Crippen LogP contribution in [0.4, 0.5) is 0 Å². The highest BCUT2D eigenvalue weighted by atomic mass is 32.2. The number of benzene rings is 6. The SMILES string of the molecule is Cc1ccc([C@@H]2C[C@@H]2c2nc3ccc(-c4ccccc4S(N)(=O)=O)cc3[nH]2)cc1.Cc1ccc([C@H]2C[C@H]2c2nc3ccc(-c4ccccc4C(C)(C)O)cc3[nH]2)cc1. The molecular formula is C49H47N5O3S. The van der Waals surface area contributed by atoms with Gasteiger partial charge in [-0.25, -0.2) is 23.5 Å². The van der Waals surface area contributed by atoms with Crippen molar-refractivity contribution >= 4 is 32.1 Å². The minimum Gasteiger partial charge on any atom is -0.386 e. The highest BCUT2D eigenvalue weighted by molar-refractivity contribution is 7.89. The third kappa shape index (κ3) is 7.61. The lowest BCUT2D eigenvalue weighted by molar-refractivity contribution is 0.0792. The van der Waals surface area contributed by atoms with Crippen LogP contribution in [0.1, 0.15) is 89.8 Å². The molecule has 8 aromatic rings. The first-order valence-corrected chi connectivity index (χ1v) is 21.4. The molecule has 2 aromatic heterocycles. The van der Waals surface area contributed by atoms with Crippen LogP contribution in [0, 0.1) is 13.8 Å². The molecule has 8 nitrogen and oxygen atoms in total. The molecule has 0 aliphatic heterocycles. The smallest absolute Gasteiger partial charge is 0.238 e. The zero-order valence-electron chi connectivity index (χ0n) is 33.1. The van der Waals surface area contributed by atoms with Gasteiger partial charge in [0.05, 0.1) is 32.6 Å². The second-order valence-corrected chi connectivity index (χ2v) is 18.1. The molecule has 0 amide bonds. The molecule has 2 heterocycles. The maximum Gasteiger partial charge on any atom is 0.238 e. The molecule has 0 saturated heterocycles. The Morgan fingerprint density at radius 3 is 1.53 bits per heavy atom. The van der Waals surface area contributed by atoms with Crippen LogP contribution >= 0.6 is 0 Å². The number of hydrogen-bond acceptors (Lipinski definition) is 5. The Morgan fingerprint density at radius 1 is 0.603 bits per heavy atom. The number of nitrogens with zero attached hydrogens (tertiary/aromatic N) is 2. The highest BCUT2D eigenvalue weighted by Gasteiger charge is 2.42. The van der Waals surface area contributed by atoms with E-state index in [0.29, 0.717) is 29.2 Å². The third-order valence-corrected chi connectivity index (χ3v) is 12.7. The van der Waals surface area contributed by atoms with Gasteiger partial charge in [-0.05, 0) is 116 Å². The van der Waals surface area contributed by atoms with E-state index in [4.69, 9.17) is 15.1 Å². The van der Waals surface area contributed by atoms with E-state index in [1.807, 2.05) is 56.3 Å². The van der Waals surface area contributed by atoms with E-state index in [-0.39, 0.29) is 4.90 Å². The number of aliphatic hydroxyl groups is 1. The fraction of sp³-hybridized carbons (Fsp3) is 0.224. The topological polar surface area (TPSA) is 138 Å². The van der Waals surface area contributed by atoms with Crippen LogP contribution in [0.5, 0.6) is 0 Å². The molecule has 9 heteroatoms. The minimum atomic E-state index is -3.80. The summed E-state index contributed by atoms with van der Waals surface area (Å²) in [5, 5.41) is 16.0. The second kappa shape index (κ2) is 14.5. The molecule has 2 fully saturated rings. The van der Waals surface area contributed by atoms with E-state index < -0.39 is 15.6 Å². The molecule has 0 unspecified atom stereocenters. The average molecular weight is 786 g/mol. The van der Waals surface area contributed by atoms with Crippen molar-refractivity contribution in [1.29, 1.82) is 0 Å². The summed E-state index contributed by atoms with van der Waals surface area (Å²) in [7, 11) is -3.80. The number of aromatic nitrogens is 4. The summed E-state index contributed by atoms with van der Waals surface area (Å²) < 4.78 is 23.9. The Bertz CT molecular complexity index is 2910. The largest absolute Gasteiger partial charge is 0.386 e. The van der Waals surface area contributed by atoms with Crippen molar-refractivity contribution < 1.29 is 13.5 Å². The van der Waals surface area contributed by atoms with Gasteiger partial charge in [0, 0.05) is 17.4 Å². The number of aromatic amines is 2. The number of primary sulfonamides is 1. The molecule has 58 heavy (non-hydrogen) atoms. The van der Waals surface area contributed by atoms with Gasteiger partial charge in [0.25, 0.3) is 0 Å². The van der Waals surface area contributed by atoms with Crippen LogP contribution in [-0.2, 0) is 15.6 Å². The Kier molecular flexibility index (Phi) is 9.42. The molecule has 292 valence electrons. The summed E-state index contributed by atoms with van der Waals surface area (Å²) in [5.74, 6) is 3.99. The van der Waals surface area contributed by atoms with Gasteiger partial charge in [-0.15, -0.1) is 0 Å². The summed E-state index contributed by atoms with van der Waals surface area (Å²) in [5.41, 5.74) is 12.7. The molecule has 0 bridgehead atoms. The van der Waals surface area contributed by atoms with Crippen molar-refractivity contribution in [2.45, 2.75) is 74.7 Å². The standard InChI is InChI=1S/C26H26N2O.C23H21N3O2S/c1-16-8-10-17(11-9-16)20-15-21(20)25-27-23-13-12-18(14-24(23)28-25)19-6-4-5-7-22(19)26(2,3)29;1-14-6-8-15(9-7-14)18-13-19(18)23-25-20-11-10-16(12-21(20)26-23)17-4-2-3-5-22(17)29(24,27)28/h4-14,20-21,29H,15H2,1-3H3,(H,27,28);2-12,18-19H,13H2,1H3,(H,25,26)(H2,24,27,28)/t20-,21-;18-,19-/m10/s1. The summed E-state index contributed by atoms with van der Waals surface area (Å²) in [6.07, 6.45) is 2.24. The molecule has 0 radical (unpaired) electrons. The summed E-state index contributed by atoms with van der Waals surface area (Å²) in [6, 6.07) is 44.5. The van der Waals surface area contributed by atoms with Gasteiger partial charge < -0.3 is 15.1 Å². The number of fused-ring (bicyclic) bond motifs is 2. The van der Waals surface area contributed by atoms with Crippen molar-refractivity contribution in [2.24, 2.45) is 5.14 Å². The average Bonchev–Trinajstić information content (AvgIpc) is 4.11. The van der Waals surface area contributed by atoms with Gasteiger partial charge in [0.1, 0.15) is 11.6 Å². The minimum absolute atomic E-state index is 0.126. The van der Waals surface area contributed by atoms with Gasteiger partial charge in [-0.3, -0.25) is 0 Å². The first-order chi connectivity index (χ1) is 27.8. The van der Waals surface area contributed by atoms with Crippen LogP contribution in [-0.4, -0.2) is 33.5 Å². The van der Waals surface area contributed by atoms with Crippen molar-refractivity contribution in [1.82, 2.24) is 19.9 Å². The normalized spacial score (nSPS) is 18.9. The van der Waals surface area contributed by atoms with E-state index >= 15 is 0 Å². The lowest BCUT2D eigenvalue weighted by Gasteiger charge is -2.21. The summed E-state index contributed by atoms with van der Waals surface area (Å²) in [4.78, 5) is 16.8. The predicted molar refractivity (Wildman–Crippen MR) is 232 cm³/mol. The highest BCUT2D eigenvalue weighted by Crippen LogP contribution is 2.55. The van der Waals surface area contributed by atoms with Gasteiger partial charge in [0.15, 0.2) is 0 Å². The predicted octanol–water partition coefficient (Wildman–Crippen LogP) is 10.5. The van der Waals surface area contributed by atoms with Gasteiger partial charge in [-0.2, -0.15) is 0 Å². The van der Waals surface area contributed by atoms with E-state index in [9.17, 15) is 13.5 Å². The first kappa shape index (κ1) is 37.7. The molecule has 6 aromatic carbocycles. The molecule has 4 atom stereocenters. The molecule has 2 aliphatic carbocycles. The number of nitrogens with one attached hydrogen (secondary N) is 2. The Balaban J connectivity index is 0.000000150. The number of rotatable bonds is 8. The number of H-pyrrole nitrogens is 2. The zero-order chi connectivity index (χ0) is 40.3. The van der Waals surface area contributed by atoms with Gasteiger partial charge in [0.2, 0.25) is 10.0 Å². The molecule has 2 aliphatic rings. The van der Waals surface area contributed by atoms with E-state index in [2.05, 4.69) is 96.6 Å². The van der Waals surface area contributed by atoms with Crippen LogP contribution in [0.2, 0.25) is 0 Å². The fourth-order valence-corrected chi connectivity index (χ4v) is 9.09. The summed E-state index contributed by atoms with van der Waals surface area (Å²) >= 11 is 0. The number of nitrogens with two attached hydrogens (primary N) is 1.